The molecule has 0 fully saturated rings. The third-order valence-electron chi connectivity index (χ3n) is 4.10. The van der Waals surface area contributed by atoms with E-state index in [1.54, 1.807) is 17.4 Å². The van der Waals surface area contributed by atoms with Gasteiger partial charge in [0, 0.05) is 11.3 Å². The largest absolute Gasteiger partial charge is 0.325 e. The molecule has 0 spiro atoms. The van der Waals surface area contributed by atoms with Crippen LogP contribution in [0.1, 0.15) is 26.2 Å². The Bertz CT molecular complexity index is 1010. The van der Waals surface area contributed by atoms with E-state index in [0.29, 0.717) is 12.1 Å². The number of hydrogen-bond donors (Lipinski definition) is 1. The summed E-state index contributed by atoms with van der Waals surface area (Å²) >= 11 is 1.58. The minimum atomic E-state index is -3.38. The Hall–Kier alpha value is -2.25. The zero-order valence-corrected chi connectivity index (χ0v) is 16.8. The van der Waals surface area contributed by atoms with Gasteiger partial charge in [-0.25, -0.2) is 13.4 Å². The van der Waals surface area contributed by atoms with Crippen LogP contribution >= 0.6 is 11.3 Å². The summed E-state index contributed by atoms with van der Waals surface area (Å²) in [7, 11) is -3.38. The summed E-state index contributed by atoms with van der Waals surface area (Å²) in [4.78, 5) is 16.8. The molecule has 7 heteroatoms. The summed E-state index contributed by atoms with van der Waals surface area (Å²) < 4.78 is 25.1. The molecule has 0 unspecified atom stereocenters. The van der Waals surface area contributed by atoms with Gasteiger partial charge >= 0.3 is 0 Å². The van der Waals surface area contributed by atoms with Crippen LogP contribution in [0.2, 0.25) is 0 Å². The van der Waals surface area contributed by atoms with Gasteiger partial charge in [-0.1, -0.05) is 44.0 Å². The first kappa shape index (κ1) is 19.5. The van der Waals surface area contributed by atoms with Gasteiger partial charge in [-0.3, -0.25) is 4.79 Å². The minimum absolute atomic E-state index is 0.0556. The van der Waals surface area contributed by atoms with Crippen molar-refractivity contribution >= 4 is 43.0 Å². The predicted octanol–water partition coefficient (Wildman–Crippen LogP) is 4.51. The van der Waals surface area contributed by atoms with Crippen molar-refractivity contribution in [3.8, 4) is 10.6 Å². The van der Waals surface area contributed by atoms with E-state index in [1.807, 2.05) is 49.4 Å². The van der Waals surface area contributed by atoms with E-state index in [9.17, 15) is 13.2 Å². The standard InChI is InChI=1S/C20H22N2O3S2/c1-2-3-6-12-27(24,25)14-19(23)21-16-9-7-8-15(13-16)20-22-17-10-4-5-11-18(17)26-20/h4-5,7-11,13H,2-3,6,12,14H2,1H3,(H,21,23). The number of aromatic nitrogens is 1. The Labute approximate surface area is 163 Å². The highest BCUT2D eigenvalue weighted by molar-refractivity contribution is 7.92. The normalized spacial score (nSPS) is 11.6. The molecule has 0 aliphatic heterocycles. The van der Waals surface area contributed by atoms with Crippen molar-refractivity contribution in [2.75, 3.05) is 16.8 Å². The number of unbranched alkanes of at least 4 members (excludes halogenated alkanes) is 2. The highest BCUT2D eigenvalue weighted by Gasteiger charge is 2.16. The van der Waals surface area contributed by atoms with Gasteiger partial charge in [0.05, 0.1) is 16.0 Å². The summed E-state index contributed by atoms with van der Waals surface area (Å²) in [6, 6.07) is 15.2. The van der Waals surface area contributed by atoms with Crippen molar-refractivity contribution in [2.45, 2.75) is 26.2 Å². The summed E-state index contributed by atoms with van der Waals surface area (Å²) in [6.07, 6.45) is 2.39. The highest BCUT2D eigenvalue weighted by atomic mass is 32.2. The number of carbonyl (C=O) groups is 1. The van der Waals surface area contributed by atoms with Gasteiger partial charge in [0.15, 0.2) is 9.84 Å². The number of thiazole rings is 1. The Balaban J connectivity index is 1.69. The van der Waals surface area contributed by atoms with Gasteiger partial charge in [-0.15, -0.1) is 11.3 Å². The third-order valence-corrected chi connectivity index (χ3v) is 6.80. The zero-order valence-electron chi connectivity index (χ0n) is 15.1. The molecule has 0 saturated heterocycles. The lowest BCUT2D eigenvalue weighted by Crippen LogP contribution is -2.24. The van der Waals surface area contributed by atoms with E-state index in [1.165, 1.54) is 0 Å². The van der Waals surface area contributed by atoms with Crippen LogP contribution in [0.3, 0.4) is 0 Å². The highest BCUT2D eigenvalue weighted by Crippen LogP contribution is 2.31. The number of nitrogens with zero attached hydrogens (tertiary/aromatic N) is 1. The monoisotopic (exact) mass is 402 g/mol. The number of fused-ring (bicyclic) bond motifs is 1. The number of benzene rings is 2. The van der Waals surface area contributed by atoms with Crippen LogP contribution in [0.4, 0.5) is 5.69 Å². The molecule has 1 amide bonds. The van der Waals surface area contributed by atoms with Crippen LogP contribution in [0.5, 0.6) is 0 Å². The first-order valence-corrected chi connectivity index (χ1v) is 11.6. The van der Waals surface area contributed by atoms with E-state index in [-0.39, 0.29) is 5.75 Å². The van der Waals surface area contributed by atoms with Crippen LogP contribution in [0.15, 0.2) is 48.5 Å². The minimum Gasteiger partial charge on any atom is -0.325 e. The number of rotatable bonds is 8. The zero-order chi connectivity index (χ0) is 19.3. The van der Waals surface area contributed by atoms with Crippen LogP contribution in [0.25, 0.3) is 20.8 Å². The summed E-state index contributed by atoms with van der Waals surface area (Å²) in [6.45, 7) is 2.01. The fourth-order valence-electron chi connectivity index (χ4n) is 2.77. The Morgan fingerprint density at radius 2 is 1.93 bits per heavy atom. The van der Waals surface area contributed by atoms with E-state index in [4.69, 9.17) is 0 Å². The molecule has 1 N–H and O–H groups in total. The van der Waals surface area contributed by atoms with Gasteiger partial charge in [-0.2, -0.15) is 0 Å². The lowest BCUT2D eigenvalue weighted by molar-refractivity contribution is -0.113. The molecule has 142 valence electrons. The third kappa shape index (κ3) is 5.37. The van der Waals surface area contributed by atoms with Crippen LogP contribution in [-0.4, -0.2) is 30.8 Å². The second-order valence-electron chi connectivity index (χ2n) is 6.41. The van der Waals surface area contributed by atoms with Crippen molar-refractivity contribution in [1.29, 1.82) is 0 Å². The number of carbonyl (C=O) groups excluding carboxylic acids is 1. The van der Waals surface area contributed by atoms with Crippen LogP contribution in [0, 0.1) is 0 Å². The lowest BCUT2D eigenvalue weighted by Gasteiger charge is -2.07. The molecule has 0 saturated carbocycles. The molecule has 3 rings (SSSR count). The van der Waals surface area contributed by atoms with E-state index in [0.717, 1.165) is 33.6 Å². The molecule has 1 heterocycles. The second-order valence-corrected chi connectivity index (χ2v) is 9.63. The van der Waals surface area contributed by atoms with Gasteiger partial charge in [0.2, 0.25) is 5.91 Å². The SMILES string of the molecule is CCCCCS(=O)(=O)CC(=O)Nc1cccc(-c2nc3ccccc3s2)c1. The summed E-state index contributed by atoms with van der Waals surface area (Å²) in [5.74, 6) is -0.935. The van der Waals surface area contributed by atoms with E-state index >= 15 is 0 Å². The first-order chi connectivity index (χ1) is 13.0. The number of nitrogens with one attached hydrogen (secondary N) is 1. The van der Waals surface area contributed by atoms with E-state index in [2.05, 4.69) is 10.3 Å². The Morgan fingerprint density at radius 3 is 2.70 bits per heavy atom. The first-order valence-electron chi connectivity index (χ1n) is 8.93. The van der Waals surface area contributed by atoms with Crippen molar-refractivity contribution in [3.05, 3.63) is 48.5 Å². The Kier molecular flexibility index (Phi) is 6.23. The Morgan fingerprint density at radius 1 is 1.11 bits per heavy atom. The van der Waals surface area contributed by atoms with Crippen molar-refractivity contribution in [2.24, 2.45) is 0 Å². The number of sulfone groups is 1. The van der Waals surface area contributed by atoms with Gasteiger partial charge in [0.25, 0.3) is 0 Å². The van der Waals surface area contributed by atoms with Crippen LogP contribution in [-0.2, 0) is 14.6 Å². The maximum absolute atomic E-state index is 12.1. The molecule has 2 aromatic carbocycles. The van der Waals surface area contributed by atoms with Crippen molar-refractivity contribution in [1.82, 2.24) is 4.98 Å². The van der Waals surface area contributed by atoms with Gasteiger partial charge in [0.1, 0.15) is 10.8 Å². The predicted molar refractivity (Wildman–Crippen MR) is 112 cm³/mol. The maximum atomic E-state index is 12.1. The molecule has 1 aromatic heterocycles. The molecule has 0 aliphatic carbocycles. The summed E-state index contributed by atoms with van der Waals surface area (Å²) in [5.41, 5.74) is 2.39. The smallest absolute Gasteiger partial charge is 0.239 e. The fourth-order valence-corrected chi connectivity index (χ4v) is 4.99. The topological polar surface area (TPSA) is 76.1 Å². The molecular weight excluding hydrogens is 380 g/mol. The fraction of sp³-hybridized carbons (Fsp3) is 0.300. The molecule has 5 nitrogen and oxygen atoms in total. The number of anilines is 1. The second kappa shape index (κ2) is 8.63. The van der Waals surface area contributed by atoms with Crippen molar-refractivity contribution < 1.29 is 13.2 Å². The summed E-state index contributed by atoms with van der Waals surface area (Å²) in [5, 5.41) is 3.55. The van der Waals surface area contributed by atoms with Gasteiger partial charge < -0.3 is 5.32 Å². The average molecular weight is 403 g/mol. The quantitative estimate of drug-likeness (QED) is 0.563. The molecular formula is C20H22N2O3S2. The van der Waals surface area contributed by atoms with Crippen LogP contribution < -0.4 is 5.32 Å². The molecule has 0 bridgehead atoms. The average Bonchev–Trinajstić information content (AvgIpc) is 3.05. The number of para-hydroxylation sites is 1. The number of amides is 1. The number of hydrogen-bond acceptors (Lipinski definition) is 5. The molecule has 0 radical (unpaired) electrons. The molecule has 3 aromatic rings. The van der Waals surface area contributed by atoms with Gasteiger partial charge in [-0.05, 0) is 30.7 Å². The molecule has 0 aliphatic rings. The van der Waals surface area contributed by atoms with Crippen molar-refractivity contribution in [3.63, 3.8) is 0 Å². The lowest BCUT2D eigenvalue weighted by atomic mass is 10.2. The maximum Gasteiger partial charge on any atom is 0.239 e. The van der Waals surface area contributed by atoms with E-state index < -0.39 is 21.5 Å². The molecule has 27 heavy (non-hydrogen) atoms. The molecule has 0 atom stereocenters.